The zero-order chi connectivity index (χ0) is 13.4. The van der Waals surface area contributed by atoms with Gasteiger partial charge in [-0.05, 0) is 18.4 Å². The van der Waals surface area contributed by atoms with Crippen LogP contribution >= 0.6 is 11.8 Å². The highest BCUT2D eigenvalue weighted by atomic mass is 32.2. The van der Waals surface area contributed by atoms with Gasteiger partial charge >= 0.3 is 5.69 Å². The molecule has 2 heterocycles. The van der Waals surface area contributed by atoms with E-state index in [1.54, 1.807) is 4.68 Å². The molecule has 0 spiro atoms. The summed E-state index contributed by atoms with van der Waals surface area (Å²) in [5.74, 6) is 0. The third-order valence-electron chi connectivity index (χ3n) is 2.73. The molecule has 0 atom stereocenters. The minimum atomic E-state index is -0.540. The average molecular weight is 274 g/mol. The Bertz CT molecular complexity index is 848. The van der Waals surface area contributed by atoms with Gasteiger partial charge in [-0.1, -0.05) is 18.2 Å². The molecule has 0 saturated heterocycles. The largest absolute Gasteiger partial charge is 0.327 e. The van der Waals surface area contributed by atoms with Gasteiger partial charge < -0.3 is 0 Å². The summed E-state index contributed by atoms with van der Waals surface area (Å²) in [7, 11) is 0. The van der Waals surface area contributed by atoms with Crippen molar-refractivity contribution in [2.45, 2.75) is 5.03 Å². The summed E-state index contributed by atoms with van der Waals surface area (Å²) in [6, 6.07) is 9.34. The van der Waals surface area contributed by atoms with Crippen LogP contribution in [0.1, 0.15) is 0 Å². The SMILES string of the molecule is CSc1nn(-c2ccccc2)c2[nH]c(=O)[nH]c(=O)c12. The Balaban J connectivity index is 2.44. The number of aromatic amines is 2. The molecule has 6 nitrogen and oxygen atoms in total. The minimum Gasteiger partial charge on any atom is -0.291 e. The maximum absolute atomic E-state index is 11.9. The van der Waals surface area contributed by atoms with E-state index in [9.17, 15) is 9.59 Å². The van der Waals surface area contributed by atoms with E-state index in [1.165, 1.54) is 11.8 Å². The van der Waals surface area contributed by atoms with Crippen molar-refractivity contribution in [3.63, 3.8) is 0 Å². The molecule has 0 bridgehead atoms. The molecular formula is C12H10N4O2S. The smallest absolute Gasteiger partial charge is 0.291 e. The van der Waals surface area contributed by atoms with Crippen LogP contribution in [-0.2, 0) is 0 Å². The second-order valence-electron chi connectivity index (χ2n) is 3.89. The number of thioether (sulfide) groups is 1. The molecule has 0 fully saturated rings. The highest BCUT2D eigenvalue weighted by molar-refractivity contribution is 7.98. The fourth-order valence-corrected chi connectivity index (χ4v) is 2.48. The molecule has 96 valence electrons. The van der Waals surface area contributed by atoms with Crippen molar-refractivity contribution < 1.29 is 0 Å². The summed E-state index contributed by atoms with van der Waals surface area (Å²) in [6.45, 7) is 0. The van der Waals surface area contributed by atoms with Crippen molar-refractivity contribution in [3.8, 4) is 5.69 Å². The third kappa shape index (κ3) is 1.88. The Morgan fingerprint density at radius 2 is 1.89 bits per heavy atom. The third-order valence-corrected chi connectivity index (χ3v) is 3.41. The molecule has 0 aliphatic rings. The van der Waals surface area contributed by atoms with E-state index < -0.39 is 11.2 Å². The van der Waals surface area contributed by atoms with Crippen LogP contribution in [0.4, 0.5) is 0 Å². The van der Waals surface area contributed by atoms with Gasteiger partial charge in [0.2, 0.25) is 0 Å². The molecule has 0 saturated carbocycles. The molecular weight excluding hydrogens is 264 g/mol. The van der Waals surface area contributed by atoms with Crippen LogP contribution in [0.3, 0.4) is 0 Å². The molecule has 0 unspecified atom stereocenters. The first kappa shape index (κ1) is 11.8. The lowest BCUT2D eigenvalue weighted by Gasteiger charge is -2.01. The lowest BCUT2D eigenvalue weighted by Crippen LogP contribution is -2.22. The molecule has 1 aromatic carbocycles. The zero-order valence-corrected chi connectivity index (χ0v) is 10.8. The Morgan fingerprint density at radius 3 is 2.58 bits per heavy atom. The van der Waals surface area contributed by atoms with Crippen molar-refractivity contribution in [3.05, 3.63) is 51.2 Å². The number of nitrogens with zero attached hydrogens (tertiary/aromatic N) is 2. The van der Waals surface area contributed by atoms with E-state index in [0.29, 0.717) is 16.1 Å². The number of benzene rings is 1. The highest BCUT2D eigenvalue weighted by Gasteiger charge is 2.15. The first-order valence-corrected chi connectivity index (χ1v) is 6.78. The Hall–Kier alpha value is -2.28. The number of rotatable bonds is 2. The molecule has 2 aromatic heterocycles. The monoisotopic (exact) mass is 274 g/mol. The normalized spacial score (nSPS) is 11.0. The average Bonchev–Trinajstić information content (AvgIpc) is 2.78. The fraction of sp³-hybridized carbons (Fsp3) is 0.0833. The summed E-state index contributed by atoms with van der Waals surface area (Å²) in [6.07, 6.45) is 1.83. The Morgan fingerprint density at radius 1 is 1.16 bits per heavy atom. The predicted octanol–water partition coefficient (Wildman–Crippen LogP) is 1.12. The topological polar surface area (TPSA) is 83.5 Å². The van der Waals surface area contributed by atoms with Gasteiger partial charge in [0.25, 0.3) is 5.56 Å². The lowest BCUT2D eigenvalue weighted by atomic mass is 10.3. The number of aromatic nitrogens is 4. The van der Waals surface area contributed by atoms with Crippen molar-refractivity contribution in [1.29, 1.82) is 0 Å². The van der Waals surface area contributed by atoms with E-state index in [2.05, 4.69) is 15.1 Å². The summed E-state index contributed by atoms with van der Waals surface area (Å²) in [5.41, 5.74) is 0.228. The van der Waals surface area contributed by atoms with Crippen LogP contribution in [0.5, 0.6) is 0 Å². The van der Waals surface area contributed by atoms with Gasteiger partial charge in [-0.15, -0.1) is 11.8 Å². The Labute approximate surface area is 111 Å². The summed E-state index contributed by atoms with van der Waals surface area (Å²) < 4.78 is 1.57. The van der Waals surface area contributed by atoms with E-state index in [1.807, 2.05) is 36.6 Å². The van der Waals surface area contributed by atoms with Crippen LogP contribution in [0, 0.1) is 0 Å². The second-order valence-corrected chi connectivity index (χ2v) is 4.68. The van der Waals surface area contributed by atoms with Crippen molar-refractivity contribution in [2.24, 2.45) is 0 Å². The quantitative estimate of drug-likeness (QED) is 0.686. The van der Waals surface area contributed by atoms with Crippen LogP contribution in [0.25, 0.3) is 16.7 Å². The van der Waals surface area contributed by atoms with E-state index in [4.69, 9.17) is 0 Å². The van der Waals surface area contributed by atoms with E-state index in [-0.39, 0.29) is 0 Å². The molecule has 0 amide bonds. The number of H-pyrrole nitrogens is 2. The van der Waals surface area contributed by atoms with Crippen molar-refractivity contribution >= 4 is 22.8 Å². The second kappa shape index (κ2) is 4.43. The molecule has 3 aromatic rings. The van der Waals surface area contributed by atoms with E-state index >= 15 is 0 Å². The van der Waals surface area contributed by atoms with Gasteiger partial charge in [-0.3, -0.25) is 14.8 Å². The van der Waals surface area contributed by atoms with Crippen LogP contribution in [-0.4, -0.2) is 26.0 Å². The molecule has 3 rings (SSSR count). The van der Waals surface area contributed by atoms with Gasteiger partial charge in [0.15, 0.2) is 5.65 Å². The maximum atomic E-state index is 11.9. The number of hydrogen-bond donors (Lipinski definition) is 2. The van der Waals surface area contributed by atoms with Crippen LogP contribution < -0.4 is 11.2 Å². The summed E-state index contributed by atoms with van der Waals surface area (Å²) in [4.78, 5) is 28.2. The summed E-state index contributed by atoms with van der Waals surface area (Å²) in [5, 5.41) is 5.35. The van der Waals surface area contributed by atoms with Gasteiger partial charge in [-0.25, -0.2) is 9.48 Å². The standard InChI is InChI=1S/C12H10N4O2S/c1-19-11-8-9(13-12(18)14-10(8)17)16(15-11)7-5-3-2-4-6-7/h2-6H,1H3,(H2,13,14,17,18). The van der Waals surface area contributed by atoms with Gasteiger partial charge in [-0.2, -0.15) is 5.10 Å². The van der Waals surface area contributed by atoms with Gasteiger partial charge in [0, 0.05) is 0 Å². The number of para-hydroxylation sites is 1. The summed E-state index contributed by atoms with van der Waals surface area (Å²) >= 11 is 1.36. The number of nitrogens with one attached hydrogen (secondary N) is 2. The van der Waals surface area contributed by atoms with Crippen molar-refractivity contribution in [2.75, 3.05) is 6.26 Å². The molecule has 7 heteroatoms. The molecule has 0 aliphatic carbocycles. The molecule has 0 aliphatic heterocycles. The first-order valence-electron chi connectivity index (χ1n) is 5.55. The zero-order valence-electron chi connectivity index (χ0n) is 10.0. The van der Waals surface area contributed by atoms with Gasteiger partial charge in [0.05, 0.1) is 5.69 Å². The predicted molar refractivity (Wildman–Crippen MR) is 74.1 cm³/mol. The lowest BCUT2D eigenvalue weighted by molar-refractivity contribution is 0.849. The fourth-order valence-electron chi connectivity index (χ4n) is 1.92. The van der Waals surface area contributed by atoms with Crippen LogP contribution in [0.15, 0.2) is 44.9 Å². The van der Waals surface area contributed by atoms with E-state index in [0.717, 1.165) is 5.69 Å². The van der Waals surface area contributed by atoms with Gasteiger partial charge in [0.1, 0.15) is 10.4 Å². The minimum absolute atomic E-state index is 0.399. The Kier molecular flexibility index (Phi) is 2.75. The first-order chi connectivity index (χ1) is 9.20. The molecule has 2 N–H and O–H groups in total. The van der Waals surface area contributed by atoms with Crippen molar-refractivity contribution in [1.82, 2.24) is 19.7 Å². The maximum Gasteiger partial charge on any atom is 0.327 e. The highest BCUT2D eigenvalue weighted by Crippen LogP contribution is 2.22. The number of fused-ring (bicyclic) bond motifs is 1. The molecule has 0 radical (unpaired) electrons. The number of hydrogen-bond acceptors (Lipinski definition) is 4. The van der Waals surface area contributed by atoms with Crippen LogP contribution in [0.2, 0.25) is 0 Å². The molecule has 19 heavy (non-hydrogen) atoms.